The van der Waals surface area contributed by atoms with E-state index in [0.29, 0.717) is 23.2 Å². The molecule has 1 aliphatic rings. The smallest absolute Gasteiger partial charge is 0.244 e. The minimum Gasteiger partial charge on any atom is -0.399 e. The molecule has 0 amide bonds. The van der Waals surface area contributed by atoms with Crippen LogP contribution in [0, 0.1) is 0 Å². The van der Waals surface area contributed by atoms with Crippen molar-refractivity contribution in [1.29, 1.82) is 0 Å². The van der Waals surface area contributed by atoms with E-state index in [2.05, 4.69) is 27.8 Å². The van der Waals surface area contributed by atoms with Gasteiger partial charge in [-0.05, 0) is 40.7 Å². The maximum absolute atomic E-state index is 12.6. The molecule has 0 saturated carbocycles. The standard InChI is InChI=1S/C12H18BrN3O2S/c1-2-15-5-7-16(8-6-15)19(17,18)12-4-3-10(14)9-11(12)13/h3-4,9H,2,5-8,14H2,1H3. The summed E-state index contributed by atoms with van der Waals surface area (Å²) in [5.74, 6) is 0. The number of likely N-dealkylation sites (N-methyl/N-ethyl adjacent to an activating group) is 1. The zero-order valence-electron chi connectivity index (χ0n) is 10.8. The fourth-order valence-corrected chi connectivity index (χ4v) is 4.63. The summed E-state index contributed by atoms with van der Waals surface area (Å²) in [6.45, 7) is 5.67. The molecule has 0 atom stereocenters. The van der Waals surface area contributed by atoms with Crippen molar-refractivity contribution in [2.45, 2.75) is 11.8 Å². The van der Waals surface area contributed by atoms with Gasteiger partial charge in [0.2, 0.25) is 10.0 Å². The van der Waals surface area contributed by atoms with E-state index in [9.17, 15) is 8.42 Å². The third-order valence-electron chi connectivity index (χ3n) is 3.35. The Morgan fingerprint density at radius 3 is 2.42 bits per heavy atom. The van der Waals surface area contributed by atoms with Crippen molar-refractivity contribution in [2.75, 3.05) is 38.5 Å². The van der Waals surface area contributed by atoms with Gasteiger partial charge < -0.3 is 10.6 Å². The van der Waals surface area contributed by atoms with Gasteiger partial charge in [0, 0.05) is 36.3 Å². The fourth-order valence-electron chi connectivity index (χ4n) is 2.15. The van der Waals surface area contributed by atoms with Crippen molar-refractivity contribution in [3.05, 3.63) is 22.7 Å². The van der Waals surface area contributed by atoms with Crippen LogP contribution in [0.5, 0.6) is 0 Å². The molecule has 1 fully saturated rings. The van der Waals surface area contributed by atoms with Crippen molar-refractivity contribution in [1.82, 2.24) is 9.21 Å². The van der Waals surface area contributed by atoms with Gasteiger partial charge in [-0.3, -0.25) is 0 Å². The van der Waals surface area contributed by atoms with E-state index < -0.39 is 10.0 Å². The number of halogens is 1. The summed E-state index contributed by atoms with van der Waals surface area (Å²) >= 11 is 3.28. The van der Waals surface area contributed by atoms with Crippen LogP contribution in [-0.4, -0.2) is 50.3 Å². The lowest BCUT2D eigenvalue weighted by atomic mass is 10.3. The number of rotatable bonds is 3. The van der Waals surface area contributed by atoms with Gasteiger partial charge in [-0.25, -0.2) is 8.42 Å². The highest BCUT2D eigenvalue weighted by Crippen LogP contribution is 2.27. The molecule has 1 saturated heterocycles. The van der Waals surface area contributed by atoms with Crippen molar-refractivity contribution < 1.29 is 8.42 Å². The molecule has 106 valence electrons. The molecule has 0 radical (unpaired) electrons. The first kappa shape index (κ1) is 14.8. The summed E-state index contributed by atoms with van der Waals surface area (Å²) in [6, 6.07) is 4.79. The zero-order chi connectivity index (χ0) is 14.0. The summed E-state index contributed by atoms with van der Waals surface area (Å²) in [4.78, 5) is 2.52. The zero-order valence-corrected chi connectivity index (χ0v) is 13.2. The third-order valence-corrected chi connectivity index (χ3v) is 6.23. The van der Waals surface area contributed by atoms with E-state index in [1.165, 1.54) is 4.31 Å². The van der Waals surface area contributed by atoms with Gasteiger partial charge in [0.1, 0.15) is 0 Å². The van der Waals surface area contributed by atoms with Crippen LogP contribution < -0.4 is 5.73 Å². The molecular weight excluding hydrogens is 330 g/mol. The maximum atomic E-state index is 12.6. The second kappa shape index (κ2) is 5.78. The Hall–Kier alpha value is -0.630. The molecule has 1 aromatic carbocycles. The van der Waals surface area contributed by atoms with E-state index >= 15 is 0 Å². The Balaban J connectivity index is 2.23. The monoisotopic (exact) mass is 347 g/mol. The number of sulfonamides is 1. The molecule has 0 spiro atoms. The predicted octanol–water partition coefficient (Wildman–Crippen LogP) is 1.36. The minimum absolute atomic E-state index is 0.284. The first-order valence-electron chi connectivity index (χ1n) is 6.22. The lowest BCUT2D eigenvalue weighted by Crippen LogP contribution is -2.48. The predicted molar refractivity (Wildman–Crippen MR) is 79.4 cm³/mol. The molecule has 0 aromatic heterocycles. The van der Waals surface area contributed by atoms with Gasteiger partial charge in [-0.1, -0.05) is 6.92 Å². The normalized spacial score (nSPS) is 18.6. The van der Waals surface area contributed by atoms with Gasteiger partial charge in [0.15, 0.2) is 0 Å². The highest BCUT2D eigenvalue weighted by molar-refractivity contribution is 9.10. The van der Waals surface area contributed by atoms with E-state index in [0.717, 1.165) is 19.6 Å². The molecule has 0 bridgehead atoms. The molecule has 0 unspecified atom stereocenters. The quantitative estimate of drug-likeness (QED) is 0.838. The van der Waals surface area contributed by atoms with Crippen LogP contribution in [0.1, 0.15) is 6.92 Å². The molecule has 1 aromatic rings. The number of piperazine rings is 1. The van der Waals surface area contributed by atoms with Crippen LogP contribution in [0.2, 0.25) is 0 Å². The Labute approximate surface area is 122 Å². The van der Waals surface area contributed by atoms with Crippen LogP contribution in [-0.2, 0) is 10.0 Å². The van der Waals surface area contributed by atoms with Crippen LogP contribution in [0.4, 0.5) is 5.69 Å². The highest BCUT2D eigenvalue weighted by atomic mass is 79.9. The number of hydrogen-bond acceptors (Lipinski definition) is 4. The number of anilines is 1. The second-order valence-electron chi connectivity index (χ2n) is 4.53. The topological polar surface area (TPSA) is 66.6 Å². The SMILES string of the molecule is CCN1CCN(S(=O)(=O)c2ccc(N)cc2Br)CC1. The van der Waals surface area contributed by atoms with E-state index in [-0.39, 0.29) is 4.90 Å². The molecule has 7 heteroatoms. The molecule has 0 aliphatic carbocycles. The average Bonchev–Trinajstić information content (AvgIpc) is 2.38. The van der Waals surface area contributed by atoms with Gasteiger partial charge in [0.05, 0.1) is 4.90 Å². The molecule has 5 nitrogen and oxygen atoms in total. The van der Waals surface area contributed by atoms with Crippen molar-refractivity contribution in [3.8, 4) is 0 Å². The van der Waals surface area contributed by atoms with Gasteiger partial charge in [-0.15, -0.1) is 0 Å². The van der Waals surface area contributed by atoms with Crippen molar-refractivity contribution in [2.24, 2.45) is 0 Å². The highest BCUT2D eigenvalue weighted by Gasteiger charge is 2.29. The summed E-state index contributed by atoms with van der Waals surface area (Å²) in [5, 5.41) is 0. The maximum Gasteiger partial charge on any atom is 0.244 e. The number of nitrogen functional groups attached to an aromatic ring is 1. The third kappa shape index (κ3) is 3.10. The van der Waals surface area contributed by atoms with Crippen molar-refractivity contribution in [3.63, 3.8) is 0 Å². The Morgan fingerprint density at radius 2 is 1.89 bits per heavy atom. The first-order valence-corrected chi connectivity index (χ1v) is 8.46. The molecule has 1 heterocycles. The van der Waals surface area contributed by atoms with Crippen LogP contribution in [0.15, 0.2) is 27.6 Å². The van der Waals surface area contributed by atoms with Gasteiger partial charge in [0.25, 0.3) is 0 Å². The summed E-state index contributed by atoms with van der Waals surface area (Å²) in [7, 11) is -3.44. The Kier molecular flexibility index (Phi) is 4.50. The summed E-state index contributed by atoms with van der Waals surface area (Å²) < 4.78 is 27.2. The van der Waals surface area contributed by atoms with E-state index in [1.807, 2.05) is 0 Å². The summed E-state index contributed by atoms with van der Waals surface area (Å²) in [5.41, 5.74) is 6.18. The number of benzene rings is 1. The van der Waals surface area contributed by atoms with Gasteiger partial charge in [-0.2, -0.15) is 4.31 Å². The lowest BCUT2D eigenvalue weighted by molar-refractivity contribution is 0.196. The molecular formula is C12H18BrN3O2S. The largest absolute Gasteiger partial charge is 0.399 e. The Morgan fingerprint density at radius 1 is 1.26 bits per heavy atom. The lowest BCUT2D eigenvalue weighted by Gasteiger charge is -2.33. The minimum atomic E-state index is -3.44. The second-order valence-corrected chi connectivity index (χ2v) is 7.29. The van der Waals surface area contributed by atoms with E-state index in [4.69, 9.17) is 5.73 Å². The van der Waals surface area contributed by atoms with Crippen LogP contribution >= 0.6 is 15.9 Å². The van der Waals surface area contributed by atoms with E-state index in [1.54, 1.807) is 18.2 Å². The average molecular weight is 348 g/mol. The molecule has 2 rings (SSSR count). The van der Waals surface area contributed by atoms with Crippen LogP contribution in [0.25, 0.3) is 0 Å². The molecule has 2 N–H and O–H groups in total. The van der Waals surface area contributed by atoms with Crippen LogP contribution in [0.3, 0.4) is 0 Å². The number of hydrogen-bond donors (Lipinski definition) is 1. The fraction of sp³-hybridized carbons (Fsp3) is 0.500. The number of nitrogens with two attached hydrogens (primary N) is 1. The number of nitrogens with zero attached hydrogens (tertiary/aromatic N) is 2. The molecule has 1 aliphatic heterocycles. The molecule has 19 heavy (non-hydrogen) atoms. The van der Waals surface area contributed by atoms with Crippen molar-refractivity contribution >= 4 is 31.6 Å². The Bertz CT molecular complexity index is 554. The first-order chi connectivity index (χ1) is 8.95. The summed E-state index contributed by atoms with van der Waals surface area (Å²) in [6.07, 6.45) is 0. The van der Waals surface area contributed by atoms with Gasteiger partial charge >= 0.3 is 0 Å².